The molecule has 0 atom stereocenters. The summed E-state index contributed by atoms with van der Waals surface area (Å²) in [4.78, 5) is 0. The topological polar surface area (TPSA) is 28.7 Å². The molecule has 0 saturated carbocycles. The number of aromatic amines is 1. The minimum absolute atomic E-state index is 0.829. The molecule has 13 heavy (non-hydrogen) atoms. The quantitative estimate of drug-likeness (QED) is 0.809. The molecule has 0 aliphatic carbocycles. The molecule has 0 saturated heterocycles. The summed E-state index contributed by atoms with van der Waals surface area (Å²) < 4.78 is 1.05. The van der Waals surface area contributed by atoms with Crippen LogP contribution in [0.1, 0.15) is 5.69 Å². The smallest absolute Gasteiger partial charge is 0.0923 e. The largest absolute Gasteiger partial charge is 0.282 e. The van der Waals surface area contributed by atoms with Gasteiger partial charge in [0.05, 0.1) is 5.69 Å². The van der Waals surface area contributed by atoms with Crippen LogP contribution in [0.2, 0.25) is 0 Å². The molecule has 0 amide bonds. The van der Waals surface area contributed by atoms with Crippen LogP contribution in [-0.4, -0.2) is 10.2 Å². The monoisotopic (exact) mass is 235 g/mol. The second-order valence-corrected chi connectivity index (χ2v) is 3.70. The molecule has 65 valence electrons. The Kier molecular flexibility index (Phi) is 2.19. The first kappa shape index (κ1) is 8.51. The van der Waals surface area contributed by atoms with Gasteiger partial charge in [0, 0.05) is 15.7 Å². The van der Waals surface area contributed by atoms with Gasteiger partial charge in [0.15, 0.2) is 0 Å². The molecule has 2 rings (SSSR count). The molecule has 0 bridgehead atoms. The first-order chi connectivity index (χ1) is 6.25. The number of nitrogens with zero attached hydrogens (tertiary/aromatic N) is 1. The summed E-state index contributed by atoms with van der Waals surface area (Å²) in [5.41, 5.74) is 2.84. The van der Waals surface area contributed by atoms with Gasteiger partial charge in [-0.3, -0.25) is 5.10 Å². The fourth-order valence-corrected chi connectivity index (χ4v) is 1.56. The molecule has 1 N–H and O–H groups in total. The van der Waals surface area contributed by atoms with Crippen molar-refractivity contribution >= 4 is 15.9 Å². The molecule has 3 heteroatoms. The highest BCUT2D eigenvalue weighted by Crippen LogP contribution is 2.21. The van der Waals surface area contributed by atoms with Crippen molar-refractivity contribution in [3.63, 3.8) is 0 Å². The van der Waals surface area contributed by atoms with Crippen molar-refractivity contribution in [2.45, 2.75) is 0 Å². The highest BCUT2D eigenvalue weighted by molar-refractivity contribution is 9.10. The van der Waals surface area contributed by atoms with Gasteiger partial charge >= 0.3 is 0 Å². The molecular formula is C10H8BrN2. The molecule has 0 aliphatic heterocycles. The molecule has 1 aromatic carbocycles. The van der Waals surface area contributed by atoms with Crippen LogP contribution in [0, 0.1) is 6.92 Å². The van der Waals surface area contributed by atoms with Crippen molar-refractivity contribution in [1.82, 2.24) is 10.2 Å². The number of aromatic nitrogens is 2. The standard InChI is InChI=1S/C10H8BrN2/c1-7-5-10(13-12-7)8-3-2-4-9(11)6-8/h2-6H,1H2,(H,12,13). The Balaban J connectivity index is 2.46. The van der Waals surface area contributed by atoms with Gasteiger partial charge < -0.3 is 0 Å². The van der Waals surface area contributed by atoms with Crippen LogP contribution in [0.15, 0.2) is 34.8 Å². The van der Waals surface area contributed by atoms with E-state index in [4.69, 9.17) is 0 Å². The number of halogens is 1. The van der Waals surface area contributed by atoms with E-state index in [2.05, 4.69) is 33.1 Å². The fraction of sp³-hybridized carbons (Fsp3) is 0. The highest BCUT2D eigenvalue weighted by atomic mass is 79.9. The lowest BCUT2D eigenvalue weighted by Gasteiger charge is -1.95. The number of rotatable bonds is 1. The maximum Gasteiger partial charge on any atom is 0.0923 e. The Bertz CT molecular complexity index is 420. The van der Waals surface area contributed by atoms with E-state index < -0.39 is 0 Å². The maximum atomic E-state index is 4.12. The minimum atomic E-state index is 0.829. The number of benzene rings is 1. The second kappa shape index (κ2) is 3.34. The summed E-state index contributed by atoms with van der Waals surface area (Å²) in [6.45, 7) is 3.76. The van der Waals surface area contributed by atoms with Crippen LogP contribution in [0.5, 0.6) is 0 Å². The summed E-state index contributed by atoms with van der Waals surface area (Å²) in [5, 5.41) is 6.93. The van der Waals surface area contributed by atoms with Crippen molar-refractivity contribution in [2.75, 3.05) is 0 Å². The van der Waals surface area contributed by atoms with E-state index in [1.807, 2.05) is 30.3 Å². The molecule has 0 spiro atoms. The van der Waals surface area contributed by atoms with E-state index in [0.717, 1.165) is 21.4 Å². The highest BCUT2D eigenvalue weighted by Gasteiger charge is 2.00. The predicted octanol–water partition coefficient (Wildman–Crippen LogP) is 3.02. The van der Waals surface area contributed by atoms with Gasteiger partial charge in [-0.25, -0.2) is 0 Å². The van der Waals surface area contributed by atoms with Crippen LogP contribution < -0.4 is 0 Å². The van der Waals surface area contributed by atoms with E-state index in [1.165, 1.54) is 0 Å². The van der Waals surface area contributed by atoms with Crippen LogP contribution in [0.4, 0.5) is 0 Å². The van der Waals surface area contributed by atoms with Gasteiger partial charge in [0.25, 0.3) is 0 Å². The fourth-order valence-electron chi connectivity index (χ4n) is 1.16. The molecular weight excluding hydrogens is 228 g/mol. The Hall–Kier alpha value is -1.09. The third-order valence-corrected chi connectivity index (χ3v) is 2.24. The van der Waals surface area contributed by atoms with E-state index in [9.17, 15) is 0 Å². The molecule has 0 unspecified atom stereocenters. The van der Waals surface area contributed by atoms with Gasteiger partial charge in [-0.15, -0.1) is 0 Å². The van der Waals surface area contributed by atoms with Crippen LogP contribution >= 0.6 is 15.9 Å². The van der Waals surface area contributed by atoms with E-state index in [1.54, 1.807) is 0 Å². The Labute approximate surface area is 85.1 Å². The van der Waals surface area contributed by atoms with E-state index in [0.29, 0.717) is 0 Å². The number of H-pyrrole nitrogens is 1. The minimum Gasteiger partial charge on any atom is -0.282 e. The number of hydrogen-bond acceptors (Lipinski definition) is 1. The predicted molar refractivity (Wildman–Crippen MR) is 56.2 cm³/mol. The lowest BCUT2D eigenvalue weighted by Crippen LogP contribution is -1.76. The van der Waals surface area contributed by atoms with Gasteiger partial charge in [0.2, 0.25) is 0 Å². The zero-order chi connectivity index (χ0) is 9.26. The molecule has 0 fully saturated rings. The summed E-state index contributed by atoms with van der Waals surface area (Å²) in [7, 11) is 0. The molecule has 1 radical (unpaired) electrons. The molecule has 1 heterocycles. The average Bonchev–Trinajstić information content (AvgIpc) is 2.52. The molecule has 1 aromatic heterocycles. The molecule has 2 nitrogen and oxygen atoms in total. The zero-order valence-corrected chi connectivity index (χ0v) is 8.51. The SMILES string of the molecule is [CH2]c1cc(-c2cccc(Br)c2)n[nH]1. The third-order valence-electron chi connectivity index (χ3n) is 1.75. The van der Waals surface area contributed by atoms with Crippen molar-refractivity contribution < 1.29 is 0 Å². The number of hydrogen-bond donors (Lipinski definition) is 1. The van der Waals surface area contributed by atoms with Crippen LogP contribution in [-0.2, 0) is 0 Å². The zero-order valence-electron chi connectivity index (χ0n) is 6.92. The van der Waals surface area contributed by atoms with Crippen molar-refractivity contribution in [3.05, 3.63) is 47.4 Å². The van der Waals surface area contributed by atoms with E-state index in [-0.39, 0.29) is 0 Å². The summed E-state index contributed by atoms with van der Waals surface area (Å²) in [6.07, 6.45) is 0. The summed E-state index contributed by atoms with van der Waals surface area (Å²) in [6, 6.07) is 9.93. The first-order valence-electron chi connectivity index (χ1n) is 3.89. The third kappa shape index (κ3) is 1.80. The maximum absolute atomic E-state index is 4.12. The van der Waals surface area contributed by atoms with Gasteiger partial charge in [-0.05, 0) is 25.1 Å². The molecule has 0 aliphatic rings. The summed E-state index contributed by atoms with van der Waals surface area (Å²) >= 11 is 3.41. The number of nitrogens with one attached hydrogen (secondary N) is 1. The van der Waals surface area contributed by atoms with Crippen LogP contribution in [0.25, 0.3) is 11.3 Å². The lowest BCUT2D eigenvalue weighted by molar-refractivity contribution is 1.07. The van der Waals surface area contributed by atoms with Gasteiger partial charge in [-0.2, -0.15) is 5.10 Å². The van der Waals surface area contributed by atoms with Crippen molar-refractivity contribution in [1.29, 1.82) is 0 Å². The van der Waals surface area contributed by atoms with Gasteiger partial charge in [-0.1, -0.05) is 28.1 Å². The normalized spacial score (nSPS) is 10.3. The Morgan fingerprint density at radius 3 is 2.77 bits per heavy atom. The average molecular weight is 236 g/mol. The second-order valence-electron chi connectivity index (χ2n) is 2.79. The Morgan fingerprint density at radius 2 is 2.15 bits per heavy atom. The van der Waals surface area contributed by atoms with Crippen molar-refractivity contribution in [2.24, 2.45) is 0 Å². The summed E-state index contributed by atoms with van der Waals surface area (Å²) in [5.74, 6) is 0. The lowest BCUT2D eigenvalue weighted by atomic mass is 10.1. The first-order valence-corrected chi connectivity index (χ1v) is 4.68. The van der Waals surface area contributed by atoms with Gasteiger partial charge in [0.1, 0.15) is 0 Å². The molecule has 2 aromatic rings. The van der Waals surface area contributed by atoms with E-state index >= 15 is 0 Å². The van der Waals surface area contributed by atoms with Crippen molar-refractivity contribution in [3.8, 4) is 11.3 Å². The van der Waals surface area contributed by atoms with Crippen LogP contribution in [0.3, 0.4) is 0 Å². The Morgan fingerprint density at radius 1 is 1.31 bits per heavy atom.